The Labute approximate surface area is 153 Å². The second kappa shape index (κ2) is 8.08. The molecule has 0 atom stereocenters. The van der Waals surface area contributed by atoms with Gasteiger partial charge in [-0.15, -0.1) is 0 Å². The van der Waals surface area contributed by atoms with Crippen LogP contribution in [0.3, 0.4) is 0 Å². The largest absolute Gasteiger partial charge is 0.462 e. The molecule has 1 aliphatic rings. The maximum Gasteiger partial charge on any atom is 0.341 e. The fraction of sp³-hybridized carbons (Fsp3) is 0.400. The van der Waals surface area contributed by atoms with Crippen LogP contribution in [0.1, 0.15) is 37.9 Å². The van der Waals surface area contributed by atoms with Crippen molar-refractivity contribution < 1.29 is 14.3 Å². The average Bonchev–Trinajstić information content (AvgIpc) is 2.89. The van der Waals surface area contributed by atoms with E-state index in [2.05, 4.69) is 17.2 Å². The Bertz CT molecular complexity index is 838. The summed E-state index contributed by atoms with van der Waals surface area (Å²) in [4.78, 5) is 29.9. The zero-order chi connectivity index (χ0) is 18.5. The monoisotopic (exact) mass is 355 g/mol. The lowest BCUT2D eigenvalue weighted by Crippen LogP contribution is -2.38. The van der Waals surface area contributed by atoms with Crippen molar-refractivity contribution in [2.24, 2.45) is 0 Å². The molecule has 0 spiro atoms. The summed E-state index contributed by atoms with van der Waals surface area (Å²) >= 11 is 0. The molecule has 0 unspecified atom stereocenters. The van der Waals surface area contributed by atoms with Crippen molar-refractivity contribution >= 4 is 28.5 Å². The second-order valence-corrected chi connectivity index (χ2v) is 6.32. The molecule has 2 N–H and O–H groups in total. The first-order valence-corrected chi connectivity index (χ1v) is 9.19. The van der Waals surface area contributed by atoms with Gasteiger partial charge < -0.3 is 15.0 Å². The van der Waals surface area contributed by atoms with E-state index in [4.69, 9.17) is 4.74 Å². The Balaban J connectivity index is 1.97. The normalized spacial score (nSPS) is 13.8. The van der Waals surface area contributed by atoms with Crippen molar-refractivity contribution in [3.8, 4) is 0 Å². The number of unbranched alkanes of at least 4 members (excludes halogenated alkanes) is 1. The molecule has 1 aromatic heterocycles. The number of nitrogens with one attached hydrogen (secondary N) is 2. The molecule has 0 saturated heterocycles. The molecular weight excluding hydrogens is 330 g/mol. The number of esters is 1. The predicted octanol–water partition coefficient (Wildman–Crippen LogP) is 3.44. The van der Waals surface area contributed by atoms with Gasteiger partial charge in [0.2, 0.25) is 0 Å². The van der Waals surface area contributed by atoms with Gasteiger partial charge in [-0.3, -0.25) is 4.90 Å². The molecule has 2 aromatic rings. The number of nitrogens with zero attached hydrogens (tertiary/aromatic N) is 1. The van der Waals surface area contributed by atoms with E-state index in [1.807, 2.05) is 24.3 Å². The van der Waals surface area contributed by atoms with Crippen molar-refractivity contribution in [1.82, 2.24) is 15.2 Å². The SMILES string of the molecule is CCCCNC(=O)N1C=C(C(=O)OCC)c2[nH]c3ccccc3c2CC1. The van der Waals surface area contributed by atoms with E-state index in [1.54, 1.807) is 18.0 Å². The molecule has 1 aliphatic heterocycles. The first-order chi connectivity index (χ1) is 12.7. The minimum absolute atomic E-state index is 0.185. The first kappa shape index (κ1) is 18.0. The summed E-state index contributed by atoms with van der Waals surface area (Å²) in [5.41, 5.74) is 3.16. The Hall–Kier alpha value is -2.76. The number of aromatic nitrogens is 1. The fourth-order valence-corrected chi connectivity index (χ4v) is 3.20. The van der Waals surface area contributed by atoms with E-state index in [0.29, 0.717) is 25.1 Å². The number of rotatable bonds is 5. The third-order valence-corrected chi connectivity index (χ3v) is 4.53. The molecule has 6 nitrogen and oxygen atoms in total. The summed E-state index contributed by atoms with van der Waals surface area (Å²) in [5, 5.41) is 3.98. The average molecular weight is 355 g/mol. The molecule has 2 heterocycles. The number of urea groups is 1. The van der Waals surface area contributed by atoms with Crippen molar-refractivity contribution in [2.75, 3.05) is 19.7 Å². The topological polar surface area (TPSA) is 74.4 Å². The molecule has 1 aromatic carbocycles. The molecule has 26 heavy (non-hydrogen) atoms. The Morgan fingerprint density at radius 1 is 1.27 bits per heavy atom. The van der Waals surface area contributed by atoms with Crippen LogP contribution in [0.4, 0.5) is 4.79 Å². The summed E-state index contributed by atoms with van der Waals surface area (Å²) in [7, 11) is 0. The number of fused-ring (bicyclic) bond motifs is 3. The zero-order valence-corrected chi connectivity index (χ0v) is 15.3. The van der Waals surface area contributed by atoms with Crippen LogP contribution >= 0.6 is 0 Å². The van der Waals surface area contributed by atoms with E-state index in [-0.39, 0.29) is 12.6 Å². The summed E-state index contributed by atoms with van der Waals surface area (Å²) in [6, 6.07) is 7.77. The summed E-state index contributed by atoms with van der Waals surface area (Å²) in [6.45, 7) is 5.28. The maximum absolute atomic E-state index is 12.6. The van der Waals surface area contributed by atoms with Crippen LogP contribution in [-0.2, 0) is 16.0 Å². The number of H-pyrrole nitrogens is 1. The Morgan fingerprint density at radius 3 is 2.85 bits per heavy atom. The van der Waals surface area contributed by atoms with E-state index < -0.39 is 5.97 Å². The third-order valence-electron chi connectivity index (χ3n) is 4.53. The highest BCUT2D eigenvalue weighted by atomic mass is 16.5. The lowest BCUT2D eigenvalue weighted by atomic mass is 10.0. The second-order valence-electron chi connectivity index (χ2n) is 6.32. The Morgan fingerprint density at radius 2 is 2.08 bits per heavy atom. The number of para-hydroxylation sites is 1. The third kappa shape index (κ3) is 3.59. The highest BCUT2D eigenvalue weighted by Crippen LogP contribution is 2.31. The van der Waals surface area contributed by atoms with Crippen molar-refractivity contribution in [1.29, 1.82) is 0 Å². The number of benzene rings is 1. The van der Waals surface area contributed by atoms with Crippen LogP contribution in [0.25, 0.3) is 16.5 Å². The number of hydrogen-bond donors (Lipinski definition) is 2. The maximum atomic E-state index is 12.6. The van der Waals surface area contributed by atoms with Crippen LogP contribution in [-0.4, -0.2) is 41.6 Å². The summed E-state index contributed by atoms with van der Waals surface area (Å²) in [6.07, 6.45) is 4.22. The smallest absolute Gasteiger partial charge is 0.341 e. The van der Waals surface area contributed by atoms with Crippen molar-refractivity contribution in [3.05, 3.63) is 41.7 Å². The van der Waals surface area contributed by atoms with Gasteiger partial charge in [-0.1, -0.05) is 31.5 Å². The molecule has 0 aliphatic carbocycles. The molecular formula is C20H25N3O3. The van der Waals surface area contributed by atoms with Gasteiger partial charge in [-0.05, 0) is 31.4 Å². The lowest BCUT2D eigenvalue weighted by molar-refractivity contribution is -0.136. The van der Waals surface area contributed by atoms with E-state index in [0.717, 1.165) is 35.0 Å². The van der Waals surface area contributed by atoms with Crippen molar-refractivity contribution in [3.63, 3.8) is 0 Å². The fourth-order valence-electron chi connectivity index (χ4n) is 3.20. The highest BCUT2D eigenvalue weighted by Gasteiger charge is 2.27. The summed E-state index contributed by atoms with van der Waals surface area (Å²) in [5.74, 6) is -0.423. The molecule has 6 heteroatoms. The highest BCUT2D eigenvalue weighted by molar-refractivity contribution is 6.18. The van der Waals surface area contributed by atoms with Crippen LogP contribution in [0.5, 0.6) is 0 Å². The predicted molar refractivity (Wildman–Crippen MR) is 102 cm³/mol. The number of hydrogen-bond acceptors (Lipinski definition) is 3. The zero-order valence-electron chi connectivity index (χ0n) is 15.3. The molecule has 0 saturated carbocycles. The minimum atomic E-state index is -0.423. The van der Waals surface area contributed by atoms with Crippen LogP contribution in [0, 0.1) is 0 Å². The molecule has 2 amide bonds. The quantitative estimate of drug-likeness (QED) is 0.637. The van der Waals surface area contributed by atoms with Gasteiger partial charge in [0, 0.05) is 30.2 Å². The van der Waals surface area contributed by atoms with Gasteiger partial charge in [0.15, 0.2) is 0 Å². The first-order valence-electron chi connectivity index (χ1n) is 9.19. The lowest BCUT2D eigenvalue weighted by Gasteiger charge is -2.18. The van der Waals surface area contributed by atoms with Gasteiger partial charge in [-0.2, -0.15) is 0 Å². The molecule has 0 fully saturated rings. The summed E-state index contributed by atoms with van der Waals surface area (Å²) < 4.78 is 5.23. The van der Waals surface area contributed by atoms with Gasteiger partial charge in [0.25, 0.3) is 0 Å². The Kier molecular flexibility index (Phi) is 5.61. The number of ether oxygens (including phenoxy) is 1. The number of amides is 2. The number of aromatic amines is 1. The molecule has 0 radical (unpaired) electrons. The minimum Gasteiger partial charge on any atom is -0.462 e. The standard InChI is InChI=1S/C20H25N3O3/c1-3-5-11-21-20(25)23-12-10-15-14-8-6-7-9-17(14)22-18(15)16(13-23)19(24)26-4-2/h6-9,13,22H,3-5,10-12H2,1-2H3,(H,21,25). The van der Waals surface area contributed by atoms with Crippen LogP contribution in [0.15, 0.2) is 30.5 Å². The van der Waals surface area contributed by atoms with E-state index in [1.165, 1.54) is 0 Å². The van der Waals surface area contributed by atoms with Gasteiger partial charge in [-0.25, -0.2) is 9.59 Å². The van der Waals surface area contributed by atoms with Crippen LogP contribution in [0.2, 0.25) is 0 Å². The van der Waals surface area contributed by atoms with Crippen LogP contribution < -0.4 is 5.32 Å². The number of carbonyl (C=O) groups excluding carboxylic acids is 2. The van der Waals surface area contributed by atoms with Gasteiger partial charge in [0.1, 0.15) is 0 Å². The molecule has 138 valence electrons. The molecule has 3 rings (SSSR count). The van der Waals surface area contributed by atoms with Gasteiger partial charge in [0.05, 0.1) is 17.9 Å². The van der Waals surface area contributed by atoms with Crippen molar-refractivity contribution in [2.45, 2.75) is 33.1 Å². The van der Waals surface area contributed by atoms with Gasteiger partial charge >= 0.3 is 12.0 Å². The van der Waals surface area contributed by atoms with E-state index in [9.17, 15) is 9.59 Å². The van der Waals surface area contributed by atoms with E-state index >= 15 is 0 Å². The molecule has 0 bridgehead atoms. The number of carbonyl (C=O) groups is 2.